The van der Waals surface area contributed by atoms with E-state index in [-0.39, 0.29) is 0 Å². The zero-order valence-corrected chi connectivity index (χ0v) is 14.8. The zero-order chi connectivity index (χ0) is 26.6. The van der Waals surface area contributed by atoms with E-state index in [0.717, 1.165) is 0 Å². The summed E-state index contributed by atoms with van der Waals surface area (Å²) in [6, 6.07) is 0. The van der Waals surface area contributed by atoms with Gasteiger partial charge in [0.15, 0.2) is 5.41 Å². The van der Waals surface area contributed by atoms with Gasteiger partial charge in [-0.05, 0) is 12.2 Å². The molecule has 1 aliphatic rings. The van der Waals surface area contributed by atoms with Gasteiger partial charge in [0.2, 0.25) is 5.60 Å². The standard InChI is InChI=1S/C14H6F10O9/c15-11(16,12(17,18)19)9(7(29)30)1-4(6(27)28)10(8(31)32,2-3(9)5(25)26)33-14(23,24)13(20,21)22/h1-2H,(H,25,26)(H,27,28)(H,29,30)(H,31,32). The summed E-state index contributed by atoms with van der Waals surface area (Å²) in [5.41, 5.74) is -16.0. The molecule has 2 unspecified atom stereocenters. The van der Waals surface area contributed by atoms with Crippen LogP contribution in [0.15, 0.2) is 23.3 Å². The molecule has 0 spiro atoms. The predicted molar refractivity (Wildman–Crippen MR) is 75.0 cm³/mol. The molecule has 0 radical (unpaired) electrons. The first-order valence-electron chi connectivity index (χ1n) is 7.41. The number of carboxylic acid groups (broad SMARTS) is 4. The number of halogens is 10. The minimum absolute atomic E-state index is 1.31. The van der Waals surface area contributed by atoms with Gasteiger partial charge in [-0.2, -0.15) is 43.9 Å². The van der Waals surface area contributed by atoms with Crippen LogP contribution in [0.2, 0.25) is 0 Å². The first-order valence-corrected chi connectivity index (χ1v) is 7.41. The van der Waals surface area contributed by atoms with E-state index in [2.05, 4.69) is 4.74 Å². The molecule has 33 heavy (non-hydrogen) atoms. The second kappa shape index (κ2) is 7.59. The van der Waals surface area contributed by atoms with Crippen molar-refractivity contribution < 1.29 is 88.2 Å². The van der Waals surface area contributed by atoms with Crippen molar-refractivity contribution in [3.8, 4) is 0 Å². The molecule has 19 heteroatoms. The van der Waals surface area contributed by atoms with Crippen molar-refractivity contribution in [2.24, 2.45) is 5.41 Å². The van der Waals surface area contributed by atoms with Crippen molar-refractivity contribution in [2.45, 2.75) is 30.0 Å². The lowest BCUT2D eigenvalue weighted by atomic mass is 9.66. The number of ether oxygens (including phenoxy) is 1. The highest BCUT2D eigenvalue weighted by Gasteiger charge is 2.78. The van der Waals surface area contributed by atoms with Gasteiger partial charge in [-0.3, -0.25) is 9.53 Å². The Morgan fingerprint density at radius 2 is 1.09 bits per heavy atom. The second-order valence-corrected chi connectivity index (χ2v) is 6.07. The van der Waals surface area contributed by atoms with Crippen LogP contribution in [0.5, 0.6) is 0 Å². The van der Waals surface area contributed by atoms with Crippen LogP contribution in [0.25, 0.3) is 0 Å². The summed E-state index contributed by atoms with van der Waals surface area (Å²) < 4.78 is 134. The van der Waals surface area contributed by atoms with Crippen molar-refractivity contribution in [1.82, 2.24) is 0 Å². The van der Waals surface area contributed by atoms with Gasteiger partial charge in [-0.1, -0.05) is 0 Å². The van der Waals surface area contributed by atoms with Gasteiger partial charge < -0.3 is 20.4 Å². The molecule has 1 aliphatic carbocycles. The Kier molecular flexibility index (Phi) is 6.36. The smallest absolute Gasteiger partial charge is 0.480 e. The van der Waals surface area contributed by atoms with Gasteiger partial charge in [0, 0.05) is 0 Å². The van der Waals surface area contributed by atoms with Crippen molar-refractivity contribution in [2.75, 3.05) is 0 Å². The summed E-state index contributed by atoms with van der Waals surface area (Å²) in [5, 5.41) is 36.1. The molecule has 0 heterocycles. The molecular formula is C14H6F10O9. The molecule has 2 atom stereocenters. The van der Waals surface area contributed by atoms with E-state index < -0.39 is 82.6 Å². The lowest BCUT2D eigenvalue weighted by Gasteiger charge is -2.42. The van der Waals surface area contributed by atoms with Crippen LogP contribution in [-0.4, -0.2) is 74.3 Å². The first kappa shape index (κ1) is 27.7. The van der Waals surface area contributed by atoms with E-state index in [1.165, 1.54) is 0 Å². The van der Waals surface area contributed by atoms with E-state index in [0.29, 0.717) is 0 Å². The summed E-state index contributed by atoms with van der Waals surface area (Å²) in [6.07, 6.45) is -23.3. The average molecular weight is 508 g/mol. The Bertz CT molecular complexity index is 961. The molecule has 0 bridgehead atoms. The van der Waals surface area contributed by atoms with Gasteiger partial charge in [0.25, 0.3) is 0 Å². The first-order chi connectivity index (χ1) is 14.4. The SMILES string of the molecule is O=C(O)C1=CC(C(=O)O)(C(F)(F)C(F)(F)F)C(C(=O)O)=CC1(OC(F)(F)C(F)(F)F)C(=O)O. The fourth-order valence-corrected chi connectivity index (χ4v) is 2.61. The molecule has 9 nitrogen and oxygen atoms in total. The summed E-state index contributed by atoms with van der Waals surface area (Å²) in [7, 11) is 0. The Labute approximate surface area is 172 Å². The number of aliphatic carboxylic acids is 4. The van der Waals surface area contributed by atoms with Crippen LogP contribution in [0.1, 0.15) is 0 Å². The van der Waals surface area contributed by atoms with Gasteiger partial charge in [0.05, 0.1) is 11.1 Å². The van der Waals surface area contributed by atoms with Crippen LogP contribution in [0, 0.1) is 5.41 Å². The Balaban J connectivity index is 4.29. The third-order valence-electron chi connectivity index (χ3n) is 4.12. The van der Waals surface area contributed by atoms with E-state index in [4.69, 9.17) is 20.4 Å². The highest BCUT2D eigenvalue weighted by molar-refractivity contribution is 6.08. The molecule has 0 aromatic rings. The number of carbonyl (C=O) groups is 4. The van der Waals surface area contributed by atoms with Crippen LogP contribution in [0.3, 0.4) is 0 Å². The van der Waals surface area contributed by atoms with Crippen LogP contribution in [-0.2, 0) is 23.9 Å². The lowest BCUT2D eigenvalue weighted by Crippen LogP contribution is -2.62. The lowest BCUT2D eigenvalue weighted by molar-refractivity contribution is -0.405. The summed E-state index contributed by atoms with van der Waals surface area (Å²) in [6.45, 7) is 0. The number of hydrogen-bond donors (Lipinski definition) is 4. The maximum atomic E-state index is 14.2. The third kappa shape index (κ3) is 3.95. The Hall–Kier alpha value is -3.38. The molecule has 0 saturated carbocycles. The van der Waals surface area contributed by atoms with Gasteiger partial charge >= 0.3 is 48.3 Å². The molecule has 0 aromatic carbocycles. The van der Waals surface area contributed by atoms with Crippen molar-refractivity contribution in [3.63, 3.8) is 0 Å². The van der Waals surface area contributed by atoms with E-state index in [1.807, 2.05) is 0 Å². The van der Waals surface area contributed by atoms with E-state index in [9.17, 15) is 63.1 Å². The number of carboxylic acids is 4. The van der Waals surface area contributed by atoms with Gasteiger partial charge in [-0.15, -0.1) is 0 Å². The molecule has 4 N–H and O–H groups in total. The fraction of sp³-hybridized carbons (Fsp3) is 0.429. The normalized spacial score (nSPS) is 24.5. The average Bonchev–Trinajstić information content (AvgIpc) is 2.57. The highest BCUT2D eigenvalue weighted by Crippen LogP contribution is 2.57. The fourth-order valence-electron chi connectivity index (χ4n) is 2.61. The third-order valence-corrected chi connectivity index (χ3v) is 4.12. The molecular weight excluding hydrogens is 502 g/mol. The van der Waals surface area contributed by atoms with E-state index >= 15 is 0 Å². The molecule has 0 amide bonds. The predicted octanol–water partition coefficient (Wildman–Crippen LogP) is 2.29. The van der Waals surface area contributed by atoms with Gasteiger partial charge in [-0.25, -0.2) is 14.4 Å². The Morgan fingerprint density at radius 1 is 0.667 bits per heavy atom. The largest absolute Gasteiger partial charge is 0.483 e. The van der Waals surface area contributed by atoms with Crippen molar-refractivity contribution in [1.29, 1.82) is 0 Å². The molecule has 0 aromatic heterocycles. The van der Waals surface area contributed by atoms with Crippen LogP contribution in [0.4, 0.5) is 43.9 Å². The van der Waals surface area contributed by atoms with Crippen LogP contribution >= 0.6 is 0 Å². The quantitative estimate of drug-likeness (QED) is 0.379. The van der Waals surface area contributed by atoms with Crippen molar-refractivity contribution >= 4 is 23.9 Å². The van der Waals surface area contributed by atoms with Crippen molar-refractivity contribution in [3.05, 3.63) is 23.3 Å². The monoisotopic (exact) mass is 508 g/mol. The van der Waals surface area contributed by atoms with Crippen LogP contribution < -0.4 is 0 Å². The van der Waals surface area contributed by atoms with E-state index in [1.54, 1.807) is 0 Å². The maximum absolute atomic E-state index is 14.2. The molecule has 0 aliphatic heterocycles. The summed E-state index contributed by atoms with van der Waals surface area (Å²) in [4.78, 5) is 45.6. The van der Waals surface area contributed by atoms with Gasteiger partial charge in [0.1, 0.15) is 0 Å². The Morgan fingerprint density at radius 3 is 1.36 bits per heavy atom. The molecule has 1 rings (SSSR count). The second-order valence-electron chi connectivity index (χ2n) is 6.07. The minimum Gasteiger partial charge on any atom is -0.480 e. The zero-order valence-electron chi connectivity index (χ0n) is 14.8. The minimum atomic E-state index is -7.00. The maximum Gasteiger partial charge on any atom is 0.483 e. The molecule has 0 saturated heterocycles. The number of rotatable bonds is 7. The number of hydrogen-bond acceptors (Lipinski definition) is 5. The summed E-state index contributed by atoms with van der Waals surface area (Å²) >= 11 is 0. The highest BCUT2D eigenvalue weighted by atomic mass is 19.4. The topological polar surface area (TPSA) is 158 Å². The molecule has 0 fully saturated rings. The molecule has 186 valence electrons. The summed E-state index contributed by atoms with van der Waals surface area (Å²) in [5.74, 6) is -19.9. The number of alkyl halides is 10.